The molecule has 4 nitrogen and oxygen atoms in total. The zero-order valence-electron chi connectivity index (χ0n) is 12.0. The van der Waals surface area contributed by atoms with Crippen LogP contribution in [0.3, 0.4) is 0 Å². The molecule has 1 aromatic rings. The van der Waals surface area contributed by atoms with Crippen molar-refractivity contribution in [3.05, 3.63) is 35.4 Å². The smallest absolute Gasteiger partial charge is 0.170 e. The molecule has 0 unspecified atom stereocenters. The minimum Gasteiger partial charge on any atom is -0.409 e. The summed E-state index contributed by atoms with van der Waals surface area (Å²) in [5.41, 5.74) is 7.52. The number of amidine groups is 1. The Kier molecular flexibility index (Phi) is 5.87. The third-order valence-corrected chi connectivity index (χ3v) is 4.11. The highest BCUT2D eigenvalue weighted by atomic mass is 16.4. The lowest BCUT2D eigenvalue weighted by molar-refractivity contribution is 0.318. The van der Waals surface area contributed by atoms with Gasteiger partial charge in [0.2, 0.25) is 0 Å². The quantitative estimate of drug-likeness (QED) is 0.246. The molecule has 0 amide bonds. The number of hydrogen-bond donors (Lipinski definition) is 3. The van der Waals surface area contributed by atoms with Gasteiger partial charge in [-0.2, -0.15) is 0 Å². The average Bonchev–Trinajstić information content (AvgIpc) is 2.52. The third-order valence-electron chi connectivity index (χ3n) is 4.11. The summed E-state index contributed by atoms with van der Waals surface area (Å²) in [5.74, 6) is 1.08. The summed E-state index contributed by atoms with van der Waals surface area (Å²) in [6.45, 7) is 1.90. The lowest BCUT2D eigenvalue weighted by atomic mass is 9.87. The monoisotopic (exact) mass is 275 g/mol. The minimum absolute atomic E-state index is 0.161. The number of nitrogens with one attached hydrogen (secondary N) is 1. The van der Waals surface area contributed by atoms with Crippen molar-refractivity contribution in [2.24, 2.45) is 16.8 Å². The van der Waals surface area contributed by atoms with Crippen molar-refractivity contribution in [2.45, 2.75) is 45.1 Å². The van der Waals surface area contributed by atoms with Crippen molar-refractivity contribution in [2.75, 3.05) is 6.54 Å². The van der Waals surface area contributed by atoms with Crippen LogP contribution in [0.1, 0.15) is 49.7 Å². The van der Waals surface area contributed by atoms with Crippen molar-refractivity contribution in [3.63, 3.8) is 0 Å². The van der Waals surface area contributed by atoms with E-state index in [1.165, 1.54) is 38.5 Å². The highest BCUT2D eigenvalue weighted by Crippen LogP contribution is 2.25. The van der Waals surface area contributed by atoms with Crippen LogP contribution in [0.5, 0.6) is 0 Å². The molecule has 0 saturated heterocycles. The van der Waals surface area contributed by atoms with Crippen molar-refractivity contribution in [1.29, 1.82) is 0 Å². The van der Waals surface area contributed by atoms with Gasteiger partial charge in [-0.15, -0.1) is 0 Å². The van der Waals surface area contributed by atoms with E-state index in [1.807, 2.05) is 18.2 Å². The van der Waals surface area contributed by atoms with E-state index < -0.39 is 0 Å². The molecule has 0 spiro atoms. The molecule has 1 aliphatic rings. The van der Waals surface area contributed by atoms with Crippen molar-refractivity contribution in [1.82, 2.24) is 5.32 Å². The first-order valence-corrected chi connectivity index (χ1v) is 7.57. The number of nitrogens with zero attached hydrogens (tertiary/aromatic N) is 1. The average molecular weight is 275 g/mol. The maximum atomic E-state index is 8.68. The highest BCUT2D eigenvalue weighted by Gasteiger charge is 2.12. The van der Waals surface area contributed by atoms with E-state index >= 15 is 0 Å². The molecule has 0 aromatic heterocycles. The summed E-state index contributed by atoms with van der Waals surface area (Å²) in [6, 6.07) is 7.80. The predicted molar refractivity (Wildman–Crippen MR) is 81.9 cm³/mol. The molecule has 0 heterocycles. The first-order valence-electron chi connectivity index (χ1n) is 7.57. The molecular formula is C16H25N3O. The van der Waals surface area contributed by atoms with E-state index in [2.05, 4.69) is 16.5 Å². The Morgan fingerprint density at radius 2 is 2.10 bits per heavy atom. The van der Waals surface area contributed by atoms with Crippen LogP contribution >= 0.6 is 0 Å². The van der Waals surface area contributed by atoms with Crippen molar-refractivity contribution >= 4 is 5.84 Å². The largest absolute Gasteiger partial charge is 0.409 e. The van der Waals surface area contributed by atoms with Crippen molar-refractivity contribution in [3.8, 4) is 0 Å². The topological polar surface area (TPSA) is 70.6 Å². The van der Waals surface area contributed by atoms with Gasteiger partial charge in [0, 0.05) is 12.1 Å². The maximum Gasteiger partial charge on any atom is 0.170 e. The van der Waals surface area contributed by atoms with Gasteiger partial charge in [-0.3, -0.25) is 0 Å². The van der Waals surface area contributed by atoms with Crippen LogP contribution in [-0.4, -0.2) is 17.6 Å². The minimum atomic E-state index is 0.161. The molecule has 1 saturated carbocycles. The van der Waals surface area contributed by atoms with Crippen molar-refractivity contribution < 1.29 is 5.21 Å². The van der Waals surface area contributed by atoms with Gasteiger partial charge in [-0.25, -0.2) is 0 Å². The second kappa shape index (κ2) is 7.90. The fourth-order valence-electron chi connectivity index (χ4n) is 2.91. The van der Waals surface area contributed by atoms with Crippen LogP contribution in [0.4, 0.5) is 0 Å². The molecule has 0 radical (unpaired) electrons. The van der Waals surface area contributed by atoms with Crippen LogP contribution in [-0.2, 0) is 6.54 Å². The molecule has 0 bridgehead atoms. The second-order valence-corrected chi connectivity index (χ2v) is 5.66. The Hall–Kier alpha value is -1.55. The number of nitrogens with two attached hydrogens (primary N) is 1. The molecule has 2 rings (SSSR count). The lowest BCUT2D eigenvalue weighted by Gasteiger charge is -2.21. The molecule has 1 aliphatic carbocycles. The van der Waals surface area contributed by atoms with E-state index in [-0.39, 0.29) is 5.84 Å². The lowest BCUT2D eigenvalue weighted by Crippen LogP contribution is -2.19. The Morgan fingerprint density at radius 3 is 2.85 bits per heavy atom. The summed E-state index contributed by atoms with van der Waals surface area (Å²) >= 11 is 0. The first kappa shape index (κ1) is 14.9. The Balaban J connectivity index is 1.73. The Bertz CT molecular complexity index is 439. The van der Waals surface area contributed by atoms with Crippen LogP contribution in [0, 0.1) is 5.92 Å². The number of rotatable bonds is 6. The van der Waals surface area contributed by atoms with Gasteiger partial charge in [0.05, 0.1) is 0 Å². The Labute approximate surface area is 121 Å². The molecule has 1 fully saturated rings. The van der Waals surface area contributed by atoms with Crippen LogP contribution in [0.2, 0.25) is 0 Å². The van der Waals surface area contributed by atoms with Gasteiger partial charge < -0.3 is 16.3 Å². The summed E-state index contributed by atoms with van der Waals surface area (Å²) < 4.78 is 0. The van der Waals surface area contributed by atoms with Gasteiger partial charge in [0.15, 0.2) is 5.84 Å². The number of hydrogen-bond acceptors (Lipinski definition) is 3. The molecule has 110 valence electrons. The van der Waals surface area contributed by atoms with Crippen LogP contribution in [0.25, 0.3) is 0 Å². The maximum absolute atomic E-state index is 8.68. The molecule has 20 heavy (non-hydrogen) atoms. The number of oxime groups is 1. The number of benzene rings is 1. The molecule has 4 heteroatoms. The van der Waals surface area contributed by atoms with Gasteiger partial charge in [0.1, 0.15) is 0 Å². The predicted octanol–water partition coefficient (Wildman–Crippen LogP) is 2.84. The summed E-state index contributed by atoms with van der Waals surface area (Å²) in [4.78, 5) is 0. The van der Waals surface area contributed by atoms with Gasteiger partial charge in [0.25, 0.3) is 0 Å². The first-order chi connectivity index (χ1) is 9.79. The summed E-state index contributed by atoms with van der Waals surface area (Å²) in [6.07, 6.45) is 8.32. The van der Waals surface area contributed by atoms with Gasteiger partial charge in [-0.1, -0.05) is 55.5 Å². The molecule has 4 N–H and O–H groups in total. The zero-order valence-corrected chi connectivity index (χ0v) is 12.0. The van der Waals surface area contributed by atoms with Gasteiger partial charge in [-0.05, 0) is 30.5 Å². The highest BCUT2D eigenvalue weighted by molar-refractivity contribution is 5.97. The summed E-state index contributed by atoms with van der Waals surface area (Å²) in [5, 5.41) is 15.2. The SMILES string of the molecule is NC(=NO)c1cccc(CNCCC2CCCCC2)c1. The zero-order chi connectivity index (χ0) is 14.2. The van der Waals surface area contributed by atoms with E-state index in [4.69, 9.17) is 10.9 Å². The molecule has 0 atom stereocenters. The fraction of sp³-hybridized carbons (Fsp3) is 0.562. The second-order valence-electron chi connectivity index (χ2n) is 5.66. The van der Waals surface area contributed by atoms with Crippen LogP contribution < -0.4 is 11.1 Å². The van der Waals surface area contributed by atoms with E-state index in [9.17, 15) is 0 Å². The molecule has 1 aromatic carbocycles. The normalized spacial score (nSPS) is 17.3. The molecule has 0 aliphatic heterocycles. The van der Waals surface area contributed by atoms with Crippen LogP contribution in [0.15, 0.2) is 29.4 Å². The van der Waals surface area contributed by atoms with E-state index in [0.29, 0.717) is 0 Å². The summed E-state index contributed by atoms with van der Waals surface area (Å²) in [7, 11) is 0. The van der Waals surface area contributed by atoms with E-state index in [0.717, 1.165) is 30.1 Å². The Morgan fingerprint density at radius 1 is 1.30 bits per heavy atom. The van der Waals surface area contributed by atoms with Gasteiger partial charge >= 0.3 is 0 Å². The fourth-order valence-corrected chi connectivity index (χ4v) is 2.91. The molecular weight excluding hydrogens is 250 g/mol. The third kappa shape index (κ3) is 4.53. The standard InChI is InChI=1S/C16H25N3O/c17-16(19-20)15-8-4-7-14(11-15)12-18-10-9-13-5-2-1-3-6-13/h4,7-8,11,13,18,20H,1-3,5-6,9-10,12H2,(H2,17,19). The van der Waals surface area contributed by atoms with E-state index in [1.54, 1.807) is 0 Å².